The molecule has 2 unspecified atom stereocenters. The SMILES string of the molecule is O=C(NCC1CCCC(Cl)C1)c1cccc(Br)c1Cl. The molecular weight excluding hydrogens is 349 g/mol. The lowest BCUT2D eigenvalue weighted by atomic mass is 9.89. The van der Waals surface area contributed by atoms with Crippen LogP contribution in [0.2, 0.25) is 5.02 Å². The summed E-state index contributed by atoms with van der Waals surface area (Å²) >= 11 is 15.6. The van der Waals surface area contributed by atoms with Crippen LogP contribution < -0.4 is 5.32 Å². The summed E-state index contributed by atoms with van der Waals surface area (Å²) in [5.41, 5.74) is 0.509. The van der Waals surface area contributed by atoms with Crippen LogP contribution >= 0.6 is 39.1 Å². The highest BCUT2D eigenvalue weighted by molar-refractivity contribution is 9.10. The first-order valence-corrected chi connectivity index (χ1v) is 8.05. The number of alkyl halides is 1. The average Bonchev–Trinajstić information content (AvgIpc) is 2.39. The van der Waals surface area contributed by atoms with Crippen molar-refractivity contribution in [2.24, 2.45) is 5.92 Å². The Kier molecular flexibility index (Phi) is 5.55. The smallest absolute Gasteiger partial charge is 0.252 e. The molecule has 0 radical (unpaired) electrons. The molecule has 0 bridgehead atoms. The topological polar surface area (TPSA) is 29.1 Å². The second-order valence-corrected chi connectivity index (χ2v) is 6.79. The fourth-order valence-corrected chi connectivity index (χ4v) is 3.41. The normalized spacial score (nSPS) is 23.1. The van der Waals surface area contributed by atoms with Crippen LogP contribution in [0.15, 0.2) is 22.7 Å². The van der Waals surface area contributed by atoms with E-state index in [1.165, 1.54) is 0 Å². The Morgan fingerprint density at radius 3 is 2.95 bits per heavy atom. The molecule has 2 atom stereocenters. The fourth-order valence-electron chi connectivity index (χ4n) is 2.42. The number of rotatable bonds is 3. The third-order valence-corrected chi connectivity index (χ3v) is 5.16. The number of benzene rings is 1. The van der Waals surface area contributed by atoms with E-state index in [0.29, 0.717) is 23.0 Å². The monoisotopic (exact) mass is 363 g/mol. The average molecular weight is 365 g/mol. The van der Waals surface area contributed by atoms with Crippen molar-refractivity contribution in [1.29, 1.82) is 0 Å². The molecule has 1 saturated carbocycles. The molecule has 0 aliphatic heterocycles. The molecule has 0 saturated heterocycles. The molecule has 1 aromatic carbocycles. The summed E-state index contributed by atoms with van der Waals surface area (Å²) in [6.07, 6.45) is 4.35. The van der Waals surface area contributed by atoms with Gasteiger partial charge in [0.25, 0.3) is 5.91 Å². The summed E-state index contributed by atoms with van der Waals surface area (Å²) in [5, 5.41) is 3.67. The lowest BCUT2D eigenvalue weighted by Gasteiger charge is -2.25. The minimum Gasteiger partial charge on any atom is -0.352 e. The lowest BCUT2D eigenvalue weighted by Crippen LogP contribution is -2.32. The minimum atomic E-state index is -0.122. The van der Waals surface area contributed by atoms with Gasteiger partial charge in [0.1, 0.15) is 0 Å². The third-order valence-electron chi connectivity index (χ3n) is 3.47. The van der Waals surface area contributed by atoms with Gasteiger partial charge in [-0.25, -0.2) is 0 Å². The quantitative estimate of drug-likeness (QED) is 0.778. The largest absolute Gasteiger partial charge is 0.352 e. The van der Waals surface area contributed by atoms with E-state index in [9.17, 15) is 4.79 Å². The lowest BCUT2D eigenvalue weighted by molar-refractivity contribution is 0.0944. The van der Waals surface area contributed by atoms with Crippen molar-refractivity contribution in [2.75, 3.05) is 6.54 Å². The first-order valence-electron chi connectivity index (χ1n) is 6.44. The summed E-state index contributed by atoms with van der Waals surface area (Å²) in [7, 11) is 0. The highest BCUT2D eigenvalue weighted by Crippen LogP contribution is 2.28. The first kappa shape index (κ1) is 15.1. The van der Waals surface area contributed by atoms with Gasteiger partial charge in [0.05, 0.1) is 10.6 Å². The number of nitrogens with one attached hydrogen (secondary N) is 1. The zero-order valence-corrected chi connectivity index (χ0v) is 13.6. The minimum absolute atomic E-state index is 0.122. The van der Waals surface area contributed by atoms with Crippen molar-refractivity contribution < 1.29 is 4.79 Å². The molecule has 104 valence electrons. The first-order chi connectivity index (χ1) is 9.08. The number of carbonyl (C=O) groups excluding carboxylic acids is 1. The van der Waals surface area contributed by atoms with Gasteiger partial charge in [-0.3, -0.25) is 4.79 Å². The van der Waals surface area contributed by atoms with Crippen molar-refractivity contribution in [3.05, 3.63) is 33.3 Å². The second-order valence-electron chi connectivity index (χ2n) is 4.94. The maximum absolute atomic E-state index is 12.1. The van der Waals surface area contributed by atoms with Gasteiger partial charge in [0, 0.05) is 16.4 Å². The van der Waals surface area contributed by atoms with E-state index >= 15 is 0 Å². The zero-order chi connectivity index (χ0) is 13.8. The number of hydrogen-bond donors (Lipinski definition) is 1. The highest BCUT2D eigenvalue weighted by atomic mass is 79.9. The Bertz CT molecular complexity index is 467. The molecule has 1 fully saturated rings. The van der Waals surface area contributed by atoms with Gasteiger partial charge in [-0.2, -0.15) is 0 Å². The molecule has 19 heavy (non-hydrogen) atoms. The molecule has 1 aliphatic carbocycles. The van der Waals surface area contributed by atoms with E-state index in [0.717, 1.165) is 30.2 Å². The zero-order valence-electron chi connectivity index (χ0n) is 10.5. The van der Waals surface area contributed by atoms with E-state index in [4.69, 9.17) is 23.2 Å². The predicted molar refractivity (Wildman–Crippen MR) is 83.1 cm³/mol. The van der Waals surface area contributed by atoms with Gasteiger partial charge in [-0.15, -0.1) is 11.6 Å². The summed E-state index contributed by atoms with van der Waals surface area (Å²) in [4.78, 5) is 12.1. The summed E-state index contributed by atoms with van der Waals surface area (Å²) < 4.78 is 0.736. The van der Waals surface area contributed by atoms with Crippen molar-refractivity contribution in [3.8, 4) is 0 Å². The van der Waals surface area contributed by atoms with Crippen molar-refractivity contribution in [3.63, 3.8) is 0 Å². The molecule has 0 aromatic heterocycles. The maximum Gasteiger partial charge on any atom is 0.252 e. The van der Waals surface area contributed by atoms with Crippen molar-refractivity contribution in [2.45, 2.75) is 31.1 Å². The molecule has 1 N–H and O–H groups in total. The standard InChI is InChI=1S/C14H16BrCl2NO/c15-12-6-2-5-11(13(12)17)14(19)18-8-9-3-1-4-10(16)7-9/h2,5-6,9-10H,1,3-4,7-8H2,(H,18,19). The Hall–Kier alpha value is -0.250. The number of amides is 1. The van der Waals surface area contributed by atoms with Crippen LogP contribution in [0.5, 0.6) is 0 Å². The molecule has 0 spiro atoms. The highest BCUT2D eigenvalue weighted by Gasteiger charge is 2.21. The van der Waals surface area contributed by atoms with E-state index in [2.05, 4.69) is 21.2 Å². The van der Waals surface area contributed by atoms with Crippen LogP contribution in [0.3, 0.4) is 0 Å². The van der Waals surface area contributed by atoms with Gasteiger partial charge >= 0.3 is 0 Å². The summed E-state index contributed by atoms with van der Waals surface area (Å²) in [5.74, 6) is 0.356. The molecule has 1 aliphatic rings. The Morgan fingerprint density at radius 2 is 2.21 bits per heavy atom. The van der Waals surface area contributed by atoms with Crippen molar-refractivity contribution >= 4 is 45.0 Å². The van der Waals surface area contributed by atoms with Crippen LogP contribution in [0.25, 0.3) is 0 Å². The van der Waals surface area contributed by atoms with Crippen LogP contribution in [-0.2, 0) is 0 Å². The van der Waals surface area contributed by atoms with E-state index < -0.39 is 0 Å². The number of halogens is 3. The molecular formula is C14H16BrCl2NO. The Balaban J connectivity index is 1.92. The van der Waals surface area contributed by atoms with E-state index in [1.807, 2.05) is 6.07 Å². The summed E-state index contributed by atoms with van der Waals surface area (Å²) in [6.45, 7) is 0.672. The molecule has 1 aromatic rings. The fraction of sp³-hybridized carbons (Fsp3) is 0.500. The second kappa shape index (κ2) is 6.96. The van der Waals surface area contributed by atoms with E-state index in [1.54, 1.807) is 12.1 Å². The van der Waals surface area contributed by atoms with Gasteiger partial charge in [-0.1, -0.05) is 24.1 Å². The van der Waals surface area contributed by atoms with Crippen LogP contribution in [-0.4, -0.2) is 17.8 Å². The van der Waals surface area contributed by atoms with Crippen LogP contribution in [0.4, 0.5) is 0 Å². The maximum atomic E-state index is 12.1. The predicted octanol–water partition coefficient (Wildman–Crippen LogP) is 4.63. The van der Waals surface area contributed by atoms with Crippen LogP contribution in [0.1, 0.15) is 36.0 Å². The molecule has 1 amide bonds. The van der Waals surface area contributed by atoms with E-state index in [-0.39, 0.29) is 11.3 Å². The Labute approximate surface area is 132 Å². The molecule has 2 nitrogen and oxygen atoms in total. The van der Waals surface area contributed by atoms with Gasteiger partial charge < -0.3 is 5.32 Å². The number of hydrogen-bond acceptors (Lipinski definition) is 1. The molecule has 2 rings (SSSR count). The van der Waals surface area contributed by atoms with Crippen LogP contribution in [0, 0.1) is 5.92 Å². The summed E-state index contributed by atoms with van der Waals surface area (Å²) in [6, 6.07) is 5.35. The van der Waals surface area contributed by atoms with Gasteiger partial charge in [-0.05, 0) is 53.2 Å². The Morgan fingerprint density at radius 1 is 1.42 bits per heavy atom. The number of carbonyl (C=O) groups is 1. The third kappa shape index (κ3) is 4.11. The van der Waals surface area contributed by atoms with Crippen molar-refractivity contribution in [1.82, 2.24) is 5.32 Å². The van der Waals surface area contributed by atoms with Gasteiger partial charge in [0.15, 0.2) is 0 Å². The molecule has 5 heteroatoms. The molecule has 0 heterocycles. The van der Waals surface area contributed by atoms with Gasteiger partial charge in [0.2, 0.25) is 0 Å².